The molecule has 0 bridgehead atoms. The number of amides is 1. The van der Waals surface area contributed by atoms with E-state index >= 15 is 0 Å². The van der Waals surface area contributed by atoms with Crippen LogP contribution in [0.25, 0.3) is 0 Å². The molecule has 1 atom stereocenters. The number of ether oxygens (including phenoxy) is 1. The Kier molecular flexibility index (Phi) is 5.25. The third-order valence-electron chi connectivity index (χ3n) is 5.06. The van der Waals surface area contributed by atoms with E-state index in [0.717, 1.165) is 41.7 Å². The molecule has 1 aliphatic rings. The normalized spacial score (nSPS) is 16.0. The van der Waals surface area contributed by atoms with Gasteiger partial charge in [0.2, 0.25) is 5.91 Å². The van der Waals surface area contributed by atoms with Crippen LogP contribution in [0.2, 0.25) is 0 Å². The number of fused-ring (bicyclic) bond motifs is 1. The molecule has 1 aliphatic carbocycles. The van der Waals surface area contributed by atoms with Crippen LogP contribution in [0.3, 0.4) is 0 Å². The molecule has 0 unspecified atom stereocenters. The maximum atomic E-state index is 12.4. The Morgan fingerprint density at radius 2 is 2.26 bits per heavy atom. The third kappa shape index (κ3) is 3.90. The molecule has 2 aromatic heterocycles. The van der Waals surface area contributed by atoms with E-state index in [1.54, 1.807) is 18.4 Å². The highest BCUT2D eigenvalue weighted by atomic mass is 32.1. The molecule has 4 rings (SSSR count). The van der Waals surface area contributed by atoms with Gasteiger partial charge in [-0.15, -0.1) is 0 Å². The van der Waals surface area contributed by atoms with Crippen LogP contribution in [0.4, 0.5) is 0 Å². The van der Waals surface area contributed by atoms with Gasteiger partial charge in [0, 0.05) is 16.8 Å². The summed E-state index contributed by atoms with van der Waals surface area (Å²) < 4.78 is 7.51. The van der Waals surface area contributed by atoms with E-state index in [-0.39, 0.29) is 11.9 Å². The lowest BCUT2D eigenvalue weighted by molar-refractivity contribution is -0.121. The topological polar surface area (TPSA) is 56.1 Å². The summed E-state index contributed by atoms with van der Waals surface area (Å²) in [7, 11) is 1.69. The van der Waals surface area contributed by atoms with Gasteiger partial charge in [-0.3, -0.25) is 9.48 Å². The van der Waals surface area contributed by atoms with E-state index in [1.807, 2.05) is 45.9 Å². The molecule has 0 spiro atoms. The summed E-state index contributed by atoms with van der Waals surface area (Å²) >= 11 is 1.62. The number of aromatic nitrogens is 2. The van der Waals surface area contributed by atoms with Crippen LogP contribution in [0.1, 0.15) is 41.3 Å². The molecule has 1 N–H and O–H groups in total. The van der Waals surface area contributed by atoms with Gasteiger partial charge >= 0.3 is 0 Å². The molecular weight excluding hydrogens is 358 g/mol. The Hall–Kier alpha value is -2.60. The summed E-state index contributed by atoms with van der Waals surface area (Å²) in [5.41, 5.74) is 4.54. The SMILES string of the molecule is COc1ccccc1Cn1ncc2c1CCC[C@H]2NC(=O)Cc1ccsc1. The molecule has 6 heteroatoms. The van der Waals surface area contributed by atoms with Crippen molar-refractivity contribution in [3.63, 3.8) is 0 Å². The first-order valence-electron chi connectivity index (χ1n) is 9.21. The highest BCUT2D eigenvalue weighted by molar-refractivity contribution is 7.08. The molecule has 1 amide bonds. The molecule has 5 nitrogen and oxygen atoms in total. The predicted molar refractivity (Wildman–Crippen MR) is 106 cm³/mol. The van der Waals surface area contributed by atoms with Crippen molar-refractivity contribution >= 4 is 17.2 Å². The van der Waals surface area contributed by atoms with Crippen molar-refractivity contribution in [3.05, 3.63) is 69.7 Å². The van der Waals surface area contributed by atoms with Crippen LogP contribution in [0, 0.1) is 0 Å². The fourth-order valence-corrected chi connectivity index (χ4v) is 4.39. The number of methoxy groups -OCH3 is 1. The van der Waals surface area contributed by atoms with Gasteiger partial charge in [0.15, 0.2) is 0 Å². The highest BCUT2D eigenvalue weighted by Gasteiger charge is 2.25. The summed E-state index contributed by atoms with van der Waals surface area (Å²) in [5.74, 6) is 0.946. The molecule has 2 heterocycles. The second-order valence-electron chi connectivity index (χ2n) is 6.84. The number of benzene rings is 1. The van der Waals surface area contributed by atoms with Gasteiger partial charge in [0.25, 0.3) is 0 Å². The number of hydrogen-bond acceptors (Lipinski definition) is 4. The Morgan fingerprint density at radius 1 is 1.37 bits per heavy atom. The van der Waals surface area contributed by atoms with Gasteiger partial charge in [-0.25, -0.2) is 0 Å². The van der Waals surface area contributed by atoms with E-state index in [2.05, 4.69) is 16.5 Å². The highest BCUT2D eigenvalue weighted by Crippen LogP contribution is 2.30. The fraction of sp³-hybridized carbons (Fsp3) is 0.333. The van der Waals surface area contributed by atoms with Crippen molar-refractivity contribution in [1.82, 2.24) is 15.1 Å². The minimum Gasteiger partial charge on any atom is -0.496 e. The van der Waals surface area contributed by atoms with Gasteiger partial charge in [0.1, 0.15) is 5.75 Å². The first-order valence-corrected chi connectivity index (χ1v) is 10.2. The fourth-order valence-electron chi connectivity index (χ4n) is 3.72. The van der Waals surface area contributed by atoms with Crippen molar-refractivity contribution in [3.8, 4) is 5.75 Å². The van der Waals surface area contributed by atoms with Crippen LogP contribution < -0.4 is 10.1 Å². The monoisotopic (exact) mass is 381 g/mol. The number of nitrogens with zero attached hydrogens (tertiary/aromatic N) is 2. The number of carbonyl (C=O) groups excluding carboxylic acids is 1. The molecule has 0 saturated carbocycles. The number of hydrogen-bond donors (Lipinski definition) is 1. The van der Waals surface area contributed by atoms with Gasteiger partial charge < -0.3 is 10.1 Å². The van der Waals surface area contributed by atoms with Crippen molar-refractivity contribution in [2.75, 3.05) is 7.11 Å². The van der Waals surface area contributed by atoms with Crippen LogP contribution in [0.15, 0.2) is 47.3 Å². The standard InChI is InChI=1S/C21H23N3O2S/c1-26-20-8-3-2-5-16(20)13-24-19-7-4-6-18(17(19)12-22-24)23-21(25)11-15-9-10-27-14-15/h2-3,5,8-10,12,14,18H,4,6-7,11,13H2,1H3,(H,23,25)/t18-/m1/s1. The minimum absolute atomic E-state index is 0.0475. The Morgan fingerprint density at radius 3 is 3.07 bits per heavy atom. The van der Waals surface area contributed by atoms with Crippen molar-refractivity contribution < 1.29 is 9.53 Å². The molecule has 27 heavy (non-hydrogen) atoms. The number of nitrogens with one attached hydrogen (secondary N) is 1. The minimum atomic E-state index is 0.0475. The van der Waals surface area contributed by atoms with Gasteiger partial charge in [-0.2, -0.15) is 16.4 Å². The lowest BCUT2D eigenvalue weighted by atomic mass is 9.92. The number of rotatable bonds is 6. The predicted octanol–water partition coefficient (Wildman–Crippen LogP) is 3.74. The lowest BCUT2D eigenvalue weighted by Crippen LogP contribution is -2.32. The van der Waals surface area contributed by atoms with Crippen LogP contribution in [-0.2, 0) is 24.2 Å². The summed E-state index contributed by atoms with van der Waals surface area (Å²) in [4.78, 5) is 12.4. The quantitative estimate of drug-likeness (QED) is 0.708. The van der Waals surface area contributed by atoms with Crippen LogP contribution >= 0.6 is 11.3 Å². The van der Waals surface area contributed by atoms with E-state index < -0.39 is 0 Å². The van der Waals surface area contributed by atoms with Gasteiger partial charge in [-0.05, 0) is 47.7 Å². The molecular formula is C21H23N3O2S. The van der Waals surface area contributed by atoms with E-state index in [4.69, 9.17) is 4.74 Å². The molecule has 140 valence electrons. The average molecular weight is 382 g/mol. The third-order valence-corrected chi connectivity index (χ3v) is 5.79. The summed E-state index contributed by atoms with van der Waals surface area (Å²) in [6, 6.07) is 10.1. The largest absolute Gasteiger partial charge is 0.496 e. The summed E-state index contributed by atoms with van der Waals surface area (Å²) in [6.07, 6.45) is 5.35. The Labute approximate surface area is 163 Å². The molecule has 0 aliphatic heterocycles. The van der Waals surface area contributed by atoms with E-state index in [9.17, 15) is 4.79 Å². The maximum Gasteiger partial charge on any atom is 0.224 e. The first kappa shape index (κ1) is 17.8. The summed E-state index contributed by atoms with van der Waals surface area (Å²) in [6.45, 7) is 0.676. The zero-order valence-electron chi connectivity index (χ0n) is 15.4. The lowest BCUT2D eigenvalue weighted by Gasteiger charge is -2.24. The summed E-state index contributed by atoms with van der Waals surface area (Å²) in [5, 5.41) is 11.8. The van der Waals surface area contributed by atoms with Gasteiger partial charge in [0.05, 0.1) is 32.3 Å². The Balaban J connectivity index is 1.50. The number of carbonyl (C=O) groups is 1. The smallest absolute Gasteiger partial charge is 0.224 e. The molecule has 3 aromatic rings. The van der Waals surface area contributed by atoms with E-state index in [1.165, 1.54) is 5.69 Å². The van der Waals surface area contributed by atoms with Gasteiger partial charge in [-0.1, -0.05) is 18.2 Å². The molecule has 1 aromatic carbocycles. The van der Waals surface area contributed by atoms with Crippen LogP contribution in [-0.4, -0.2) is 22.8 Å². The Bertz CT molecular complexity index is 917. The van der Waals surface area contributed by atoms with Crippen LogP contribution in [0.5, 0.6) is 5.75 Å². The number of para-hydroxylation sites is 1. The van der Waals surface area contributed by atoms with Crippen molar-refractivity contribution in [2.24, 2.45) is 0 Å². The zero-order valence-corrected chi connectivity index (χ0v) is 16.2. The van der Waals surface area contributed by atoms with Crippen molar-refractivity contribution in [1.29, 1.82) is 0 Å². The maximum absolute atomic E-state index is 12.4. The van der Waals surface area contributed by atoms with E-state index in [0.29, 0.717) is 13.0 Å². The van der Waals surface area contributed by atoms with Crippen molar-refractivity contribution in [2.45, 2.75) is 38.3 Å². The molecule has 0 radical (unpaired) electrons. The zero-order chi connectivity index (χ0) is 18.6. The second kappa shape index (κ2) is 7.96. The second-order valence-corrected chi connectivity index (χ2v) is 7.62. The molecule has 0 fully saturated rings. The number of thiophene rings is 1. The molecule has 0 saturated heterocycles. The average Bonchev–Trinajstić information content (AvgIpc) is 3.33. The first-order chi connectivity index (χ1) is 13.2.